The van der Waals surface area contributed by atoms with Crippen molar-refractivity contribution in [3.05, 3.63) is 45.4 Å². The number of amides is 1. The van der Waals surface area contributed by atoms with Crippen LogP contribution in [0, 0.1) is 6.92 Å². The Morgan fingerprint density at radius 2 is 1.96 bits per heavy atom. The van der Waals surface area contributed by atoms with E-state index in [9.17, 15) is 14.7 Å². The van der Waals surface area contributed by atoms with Gasteiger partial charge in [-0.05, 0) is 30.5 Å². The van der Waals surface area contributed by atoms with E-state index in [4.69, 9.17) is 4.74 Å². The second-order valence-electron chi connectivity index (χ2n) is 5.91. The molecule has 0 radical (unpaired) electrons. The maximum atomic E-state index is 11.9. The number of aromatic carboxylic acids is 1. The van der Waals surface area contributed by atoms with Gasteiger partial charge in [-0.15, -0.1) is 11.3 Å². The Morgan fingerprint density at radius 3 is 2.52 bits per heavy atom. The number of thiazole rings is 1. The molecule has 6 nitrogen and oxygen atoms in total. The molecule has 1 amide bonds. The third-order valence-electron chi connectivity index (χ3n) is 3.58. The minimum Gasteiger partial charge on any atom is -0.544 e. The minimum atomic E-state index is -1.27. The summed E-state index contributed by atoms with van der Waals surface area (Å²) in [5.74, 6) is -0.260. The van der Waals surface area contributed by atoms with Crippen molar-refractivity contribution in [2.24, 2.45) is 0 Å². The van der Waals surface area contributed by atoms with Crippen LogP contribution in [-0.2, 0) is 11.2 Å². The lowest BCUT2D eigenvalue weighted by Gasteiger charge is -2.09. The molecule has 0 atom stereocenters. The van der Waals surface area contributed by atoms with E-state index in [1.54, 1.807) is 6.92 Å². The summed E-state index contributed by atoms with van der Waals surface area (Å²) in [4.78, 5) is 26.9. The lowest BCUT2D eigenvalue weighted by atomic mass is 10.0. The second-order valence-corrected chi connectivity index (χ2v) is 6.99. The van der Waals surface area contributed by atoms with Crippen molar-refractivity contribution in [2.45, 2.75) is 33.1 Å². The van der Waals surface area contributed by atoms with E-state index < -0.39 is 5.97 Å². The van der Waals surface area contributed by atoms with Crippen molar-refractivity contribution >= 4 is 23.2 Å². The lowest BCUT2D eigenvalue weighted by Crippen LogP contribution is -2.29. The van der Waals surface area contributed by atoms with Crippen LogP contribution in [0.4, 0.5) is 0 Å². The van der Waals surface area contributed by atoms with Gasteiger partial charge in [0.05, 0.1) is 29.5 Å². The molecule has 0 aliphatic carbocycles. The number of carbonyl (C=O) groups excluding carboxylic acids is 2. The lowest BCUT2D eigenvalue weighted by molar-refractivity contribution is -0.254. The summed E-state index contributed by atoms with van der Waals surface area (Å²) >= 11 is 0.970. The average Bonchev–Trinajstić information content (AvgIpc) is 2.92. The molecule has 7 heteroatoms. The van der Waals surface area contributed by atoms with Crippen LogP contribution in [0.3, 0.4) is 0 Å². The van der Waals surface area contributed by atoms with Crippen LogP contribution >= 0.6 is 11.3 Å². The monoisotopic (exact) mass is 361 g/mol. The number of carbonyl (C=O) groups is 2. The van der Waals surface area contributed by atoms with Crippen LogP contribution in [0.1, 0.15) is 45.7 Å². The molecule has 0 saturated carbocycles. The van der Waals surface area contributed by atoms with E-state index in [1.807, 2.05) is 24.3 Å². The van der Waals surface area contributed by atoms with Crippen molar-refractivity contribution in [3.63, 3.8) is 0 Å². The Labute approximate surface area is 150 Å². The predicted octanol–water partition coefficient (Wildman–Crippen LogP) is 1.68. The molecular weight excluding hydrogens is 340 g/mol. The number of ether oxygens (including phenoxy) is 1. The SMILES string of the molecule is Cc1nc(CC(=O)NCCOc2ccc(C(C)C)cc2)sc1C(=O)[O-]. The summed E-state index contributed by atoms with van der Waals surface area (Å²) in [5, 5.41) is 14.1. The van der Waals surface area contributed by atoms with Crippen LogP contribution < -0.4 is 15.2 Å². The highest BCUT2D eigenvalue weighted by Gasteiger charge is 2.11. The van der Waals surface area contributed by atoms with E-state index in [-0.39, 0.29) is 17.2 Å². The zero-order chi connectivity index (χ0) is 18.4. The highest BCUT2D eigenvalue weighted by molar-refractivity contribution is 7.13. The highest BCUT2D eigenvalue weighted by Crippen LogP contribution is 2.19. The number of nitrogens with one attached hydrogen (secondary N) is 1. The molecule has 0 bridgehead atoms. The number of hydrogen-bond acceptors (Lipinski definition) is 6. The molecule has 0 aliphatic heterocycles. The Bertz CT molecular complexity index is 738. The van der Waals surface area contributed by atoms with Crippen LogP contribution in [0.5, 0.6) is 5.75 Å². The van der Waals surface area contributed by atoms with Gasteiger partial charge < -0.3 is 20.0 Å². The molecule has 0 spiro atoms. The molecule has 1 N–H and O–H groups in total. The molecular formula is C18H21N2O4S-. The third-order valence-corrected chi connectivity index (χ3v) is 4.72. The molecule has 1 aromatic heterocycles. The molecule has 2 rings (SSSR count). The number of rotatable bonds is 8. The topological polar surface area (TPSA) is 91.3 Å². The highest BCUT2D eigenvalue weighted by atomic mass is 32.1. The van der Waals surface area contributed by atoms with E-state index in [2.05, 4.69) is 24.1 Å². The van der Waals surface area contributed by atoms with Gasteiger partial charge in [0.25, 0.3) is 0 Å². The van der Waals surface area contributed by atoms with E-state index in [0.29, 0.717) is 29.8 Å². The van der Waals surface area contributed by atoms with Gasteiger partial charge in [0.2, 0.25) is 5.91 Å². The van der Waals surface area contributed by atoms with Crippen molar-refractivity contribution in [1.29, 1.82) is 0 Å². The van der Waals surface area contributed by atoms with E-state index in [0.717, 1.165) is 17.1 Å². The minimum absolute atomic E-state index is 0.0435. The maximum Gasteiger partial charge on any atom is 0.226 e. The average molecular weight is 361 g/mol. The number of carboxylic acid groups (broad SMARTS) is 1. The fraction of sp³-hybridized carbons (Fsp3) is 0.389. The maximum absolute atomic E-state index is 11.9. The van der Waals surface area contributed by atoms with Crippen molar-refractivity contribution in [2.75, 3.05) is 13.2 Å². The molecule has 1 aromatic carbocycles. The largest absolute Gasteiger partial charge is 0.544 e. The van der Waals surface area contributed by atoms with Gasteiger partial charge >= 0.3 is 0 Å². The Morgan fingerprint density at radius 1 is 1.28 bits per heavy atom. The summed E-state index contributed by atoms with van der Waals surface area (Å²) in [6, 6.07) is 7.88. The molecule has 134 valence electrons. The molecule has 2 aromatic rings. The summed E-state index contributed by atoms with van der Waals surface area (Å²) in [5.41, 5.74) is 1.62. The first-order valence-corrected chi connectivity index (χ1v) is 8.85. The summed E-state index contributed by atoms with van der Waals surface area (Å²) in [7, 11) is 0. The van der Waals surface area contributed by atoms with Crippen LogP contribution in [0.2, 0.25) is 0 Å². The molecule has 0 saturated heterocycles. The van der Waals surface area contributed by atoms with E-state index >= 15 is 0 Å². The summed E-state index contributed by atoms with van der Waals surface area (Å²) in [6.45, 7) is 6.56. The van der Waals surface area contributed by atoms with Gasteiger partial charge in [-0.25, -0.2) is 4.98 Å². The van der Waals surface area contributed by atoms with Crippen molar-refractivity contribution in [1.82, 2.24) is 10.3 Å². The van der Waals surface area contributed by atoms with Crippen molar-refractivity contribution in [3.8, 4) is 5.75 Å². The number of aromatic nitrogens is 1. The van der Waals surface area contributed by atoms with Crippen LogP contribution in [0.25, 0.3) is 0 Å². The Kier molecular flexibility index (Phi) is 6.52. The fourth-order valence-electron chi connectivity index (χ4n) is 2.23. The molecule has 25 heavy (non-hydrogen) atoms. The van der Waals surface area contributed by atoms with Gasteiger partial charge in [-0.1, -0.05) is 26.0 Å². The summed E-state index contributed by atoms with van der Waals surface area (Å²) < 4.78 is 5.58. The van der Waals surface area contributed by atoms with Crippen molar-refractivity contribution < 1.29 is 19.4 Å². The number of aryl methyl sites for hydroxylation is 1. The van der Waals surface area contributed by atoms with E-state index in [1.165, 1.54) is 5.56 Å². The molecule has 0 unspecified atom stereocenters. The smallest absolute Gasteiger partial charge is 0.226 e. The number of nitrogens with zero attached hydrogens (tertiary/aromatic N) is 1. The Hall–Kier alpha value is -2.41. The fourth-order valence-corrected chi connectivity index (χ4v) is 3.12. The van der Waals surface area contributed by atoms with Gasteiger partial charge in [-0.3, -0.25) is 4.79 Å². The molecule has 0 aliphatic rings. The van der Waals surface area contributed by atoms with Gasteiger partial charge in [-0.2, -0.15) is 0 Å². The zero-order valence-corrected chi connectivity index (χ0v) is 15.3. The zero-order valence-electron chi connectivity index (χ0n) is 14.5. The number of hydrogen-bond donors (Lipinski definition) is 1. The number of benzene rings is 1. The van der Waals surface area contributed by atoms with Gasteiger partial charge in [0.1, 0.15) is 17.4 Å². The first-order valence-electron chi connectivity index (χ1n) is 8.04. The quantitative estimate of drug-likeness (QED) is 0.722. The number of carboxylic acids is 1. The van der Waals surface area contributed by atoms with Crippen LogP contribution in [-0.4, -0.2) is 30.0 Å². The summed E-state index contributed by atoms with van der Waals surface area (Å²) in [6.07, 6.45) is 0.0435. The Balaban J connectivity index is 1.73. The molecule has 1 heterocycles. The standard InChI is InChI=1S/C18H22N2O4S/c1-11(2)13-4-6-14(7-5-13)24-9-8-19-15(21)10-16-20-12(3)17(25-16)18(22)23/h4-7,11H,8-10H2,1-3H3,(H,19,21)(H,22,23)/p-1. The van der Waals surface area contributed by atoms with Gasteiger partial charge in [0.15, 0.2) is 0 Å². The second kappa shape index (κ2) is 8.62. The first-order chi connectivity index (χ1) is 11.9. The third kappa shape index (κ3) is 5.56. The van der Waals surface area contributed by atoms with Gasteiger partial charge in [0, 0.05) is 0 Å². The molecule has 0 fully saturated rings. The van der Waals surface area contributed by atoms with Crippen LogP contribution in [0.15, 0.2) is 24.3 Å². The normalized spacial score (nSPS) is 10.7. The first kappa shape index (κ1) is 18.9. The predicted molar refractivity (Wildman–Crippen MR) is 93.9 cm³/mol.